The van der Waals surface area contributed by atoms with Gasteiger partial charge in [0.05, 0.1) is 0 Å². The summed E-state index contributed by atoms with van der Waals surface area (Å²) < 4.78 is 26.4. The number of alkyl halides is 1. The van der Waals surface area contributed by atoms with E-state index >= 15 is 0 Å². The summed E-state index contributed by atoms with van der Waals surface area (Å²) in [5, 5.41) is 3.39. The van der Waals surface area contributed by atoms with Crippen molar-refractivity contribution < 1.29 is 8.78 Å². The molecule has 0 aliphatic heterocycles. The predicted octanol–water partition coefficient (Wildman–Crippen LogP) is 3.85. The van der Waals surface area contributed by atoms with E-state index in [0.29, 0.717) is 18.0 Å². The number of benzene rings is 1. The zero-order valence-electron chi connectivity index (χ0n) is 10.3. The van der Waals surface area contributed by atoms with Gasteiger partial charge in [-0.25, -0.2) is 8.78 Å². The highest BCUT2D eigenvalue weighted by Gasteiger charge is 2.22. The molecule has 1 fully saturated rings. The van der Waals surface area contributed by atoms with Crippen LogP contribution in [0.1, 0.15) is 31.2 Å². The van der Waals surface area contributed by atoms with Crippen LogP contribution in [0.15, 0.2) is 18.2 Å². The minimum Gasteiger partial charge on any atom is -0.312 e. The van der Waals surface area contributed by atoms with E-state index in [9.17, 15) is 8.78 Å². The van der Waals surface area contributed by atoms with Gasteiger partial charge in [0.25, 0.3) is 0 Å². The summed E-state index contributed by atoms with van der Waals surface area (Å²) in [5.74, 6) is -1.10. The number of rotatable bonds is 4. The molecule has 0 radical (unpaired) electrons. The molecule has 1 aliphatic carbocycles. The summed E-state index contributed by atoms with van der Waals surface area (Å²) in [6, 6.07) is 4.26. The fourth-order valence-corrected chi connectivity index (χ4v) is 2.84. The Labute approximate surface area is 112 Å². The van der Waals surface area contributed by atoms with Gasteiger partial charge < -0.3 is 5.32 Å². The lowest BCUT2D eigenvalue weighted by Gasteiger charge is -2.27. The lowest BCUT2D eigenvalue weighted by Crippen LogP contribution is -2.31. The number of hydrogen-bond acceptors (Lipinski definition) is 1. The van der Waals surface area contributed by atoms with Gasteiger partial charge in [-0.1, -0.05) is 25.0 Å². The molecule has 100 valence electrons. The van der Waals surface area contributed by atoms with Gasteiger partial charge in [-0.05, 0) is 31.4 Å². The van der Waals surface area contributed by atoms with Gasteiger partial charge in [0.1, 0.15) is 0 Å². The number of hydrogen-bond donors (Lipinski definition) is 1. The summed E-state index contributed by atoms with van der Waals surface area (Å²) in [6.07, 6.45) is 4.59. The molecule has 1 nitrogen and oxygen atoms in total. The molecule has 1 aliphatic rings. The molecule has 1 saturated carbocycles. The second-order valence-corrected chi connectivity index (χ2v) is 5.46. The summed E-state index contributed by atoms with van der Waals surface area (Å²) in [6.45, 7) is 1.12. The second-order valence-electron chi connectivity index (χ2n) is 4.90. The third-order valence-electron chi connectivity index (χ3n) is 3.57. The van der Waals surface area contributed by atoms with Crippen LogP contribution in [0.25, 0.3) is 0 Å². The van der Waals surface area contributed by atoms with Gasteiger partial charge in [0.15, 0.2) is 11.6 Å². The fraction of sp³-hybridized carbons (Fsp3) is 0.571. The van der Waals surface area contributed by atoms with Gasteiger partial charge >= 0.3 is 0 Å². The maximum absolute atomic E-state index is 13.4. The Morgan fingerprint density at radius 2 is 2.00 bits per heavy atom. The monoisotopic (exact) mass is 273 g/mol. The first-order valence-corrected chi connectivity index (χ1v) is 6.90. The van der Waals surface area contributed by atoms with Crippen LogP contribution in [-0.4, -0.2) is 11.9 Å². The highest BCUT2D eigenvalue weighted by molar-refractivity contribution is 6.20. The van der Waals surface area contributed by atoms with E-state index in [1.165, 1.54) is 18.9 Å². The summed E-state index contributed by atoms with van der Waals surface area (Å²) in [4.78, 5) is 0. The van der Waals surface area contributed by atoms with E-state index < -0.39 is 11.6 Å². The SMILES string of the molecule is Fc1cccc(CNCC2CCCCC2Cl)c1F. The zero-order chi connectivity index (χ0) is 13.0. The standard InChI is InChI=1S/C14H18ClF2N/c15-12-6-2-1-4-10(12)8-18-9-11-5-3-7-13(16)14(11)17/h3,5,7,10,12,18H,1-2,4,6,8-9H2. The Kier molecular flexibility index (Phi) is 4.95. The first kappa shape index (κ1) is 13.8. The molecule has 2 rings (SSSR count). The smallest absolute Gasteiger partial charge is 0.163 e. The molecule has 1 aromatic carbocycles. The molecular weight excluding hydrogens is 256 g/mol. The number of halogens is 3. The third-order valence-corrected chi connectivity index (χ3v) is 4.14. The predicted molar refractivity (Wildman–Crippen MR) is 69.7 cm³/mol. The van der Waals surface area contributed by atoms with E-state index in [1.54, 1.807) is 6.07 Å². The van der Waals surface area contributed by atoms with Crippen LogP contribution < -0.4 is 5.32 Å². The van der Waals surface area contributed by atoms with E-state index in [2.05, 4.69) is 5.32 Å². The lowest BCUT2D eigenvalue weighted by atomic mass is 9.89. The van der Waals surface area contributed by atoms with Crippen molar-refractivity contribution in [2.75, 3.05) is 6.54 Å². The molecular formula is C14H18ClF2N. The van der Waals surface area contributed by atoms with Crippen LogP contribution in [-0.2, 0) is 6.54 Å². The molecule has 0 spiro atoms. The van der Waals surface area contributed by atoms with E-state index in [-0.39, 0.29) is 5.38 Å². The Morgan fingerprint density at radius 3 is 2.78 bits per heavy atom. The lowest BCUT2D eigenvalue weighted by molar-refractivity contribution is 0.347. The van der Waals surface area contributed by atoms with Crippen molar-refractivity contribution in [3.05, 3.63) is 35.4 Å². The zero-order valence-corrected chi connectivity index (χ0v) is 11.0. The topological polar surface area (TPSA) is 12.0 Å². The molecule has 0 saturated heterocycles. The van der Waals surface area contributed by atoms with Gasteiger partial charge in [0, 0.05) is 17.5 Å². The van der Waals surface area contributed by atoms with Crippen molar-refractivity contribution in [2.24, 2.45) is 5.92 Å². The van der Waals surface area contributed by atoms with Crippen LogP contribution in [0.2, 0.25) is 0 Å². The molecule has 0 amide bonds. The average molecular weight is 274 g/mol. The summed E-state index contributed by atoms with van der Waals surface area (Å²) >= 11 is 6.25. The fourth-order valence-electron chi connectivity index (χ4n) is 2.47. The normalized spacial score (nSPS) is 24.2. The molecule has 4 heteroatoms. The minimum absolute atomic E-state index is 0.212. The van der Waals surface area contributed by atoms with Crippen LogP contribution in [0.5, 0.6) is 0 Å². The molecule has 0 bridgehead atoms. The van der Waals surface area contributed by atoms with Crippen molar-refractivity contribution in [1.29, 1.82) is 0 Å². The van der Waals surface area contributed by atoms with E-state index in [0.717, 1.165) is 25.5 Å². The molecule has 2 atom stereocenters. The van der Waals surface area contributed by atoms with Gasteiger partial charge in [0.2, 0.25) is 0 Å². The maximum atomic E-state index is 13.4. The van der Waals surface area contributed by atoms with Crippen molar-refractivity contribution in [2.45, 2.75) is 37.6 Å². The van der Waals surface area contributed by atoms with Crippen LogP contribution >= 0.6 is 11.6 Å². The van der Waals surface area contributed by atoms with Crippen LogP contribution in [0.3, 0.4) is 0 Å². The van der Waals surface area contributed by atoms with E-state index in [1.807, 2.05) is 0 Å². The highest BCUT2D eigenvalue weighted by Crippen LogP contribution is 2.28. The summed E-state index contributed by atoms with van der Waals surface area (Å²) in [5.41, 5.74) is 0.372. The number of nitrogens with one attached hydrogen (secondary N) is 1. The van der Waals surface area contributed by atoms with Gasteiger partial charge in [-0.2, -0.15) is 0 Å². The highest BCUT2D eigenvalue weighted by atomic mass is 35.5. The Hall–Kier alpha value is -0.670. The Bertz CT molecular complexity index is 397. The van der Waals surface area contributed by atoms with Crippen molar-refractivity contribution >= 4 is 11.6 Å². The molecule has 0 aromatic heterocycles. The van der Waals surface area contributed by atoms with Crippen molar-refractivity contribution in [1.82, 2.24) is 5.32 Å². The second kappa shape index (κ2) is 6.48. The minimum atomic E-state index is -0.790. The summed E-state index contributed by atoms with van der Waals surface area (Å²) in [7, 11) is 0. The molecule has 2 unspecified atom stereocenters. The van der Waals surface area contributed by atoms with Crippen LogP contribution in [0.4, 0.5) is 8.78 Å². The Morgan fingerprint density at radius 1 is 1.22 bits per heavy atom. The quantitative estimate of drug-likeness (QED) is 0.822. The average Bonchev–Trinajstić information content (AvgIpc) is 2.37. The largest absolute Gasteiger partial charge is 0.312 e. The molecule has 1 aromatic rings. The van der Waals surface area contributed by atoms with Crippen molar-refractivity contribution in [3.63, 3.8) is 0 Å². The Balaban J connectivity index is 1.83. The molecule has 18 heavy (non-hydrogen) atoms. The first-order chi connectivity index (χ1) is 8.68. The first-order valence-electron chi connectivity index (χ1n) is 6.46. The van der Waals surface area contributed by atoms with Gasteiger partial charge in [-0.3, -0.25) is 0 Å². The maximum Gasteiger partial charge on any atom is 0.163 e. The molecule has 1 N–H and O–H groups in total. The third kappa shape index (κ3) is 3.42. The van der Waals surface area contributed by atoms with E-state index in [4.69, 9.17) is 11.6 Å². The molecule has 0 heterocycles. The van der Waals surface area contributed by atoms with Crippen molar-refractivity contribution in [3.8, 4) is 0 Å². The van der Waals surface area contributed by atoms with Crippen LogP contribution in [0, 0.1) is 17.6 Å². The van der Waals surface area contributed by atoms with Gasteiger partial charge in [-0.15, -0.1) is 11.6 Å².